The standard InChI is InChI=1S/C26H42O3/c1-3-4-5-15-20-25(27)21-16-10-8-6-7-9-11-17-22-26(28)29-23(2)24-18-13-12-14-19-24/h10,12-14,16,18-19,23,25,27H,3-9,11,15,17,20-22H2,1-2H3/b16-10-. The molecule has 0 fully saturated rings. The molecule has 0 radical (unpaired) electrons. The normalized spacial score (nSPS) is 13.5. The Morgan fingerprint density at radius 2 is 1.66 bits per heavy atom. The molecular weight excluding hydrogens is 360 g/mol. The topological polar surface area (TPSA) is 46.5 Å². The maximum Gasteiger partial charge on any atom is 0.306 e. The van der Waals surface area contributed by atoms with Crippen LogP contribution in [0.1, 0.15) is 109 Å². The molecule has 0 aliphatic rings. The molecule has 0 aliphatic carbocycles. The number of rotatable bonds is 17. The fourth-order valence-corrected chi connectivity index (χ4v) is 3.41. The Morgan fingerprint density at radius 3 is 2.41 bits per heavy atom. The predicted octanol–water partition coefficient (Wildman–Crippen LogP) is 7.30. The number of allylic oxidation sites excluding steroid dienone is 1. The molecule has 0 aliphatic heterocycles. The van der Waals surface area contributed by atoms with Crippen LogP contribution in [0.15, 0.2) is 42.5 Å². The number of benzene rings is 1. The number of aliphatic hydroxyl groups is 1. The van der Waals surface area contributed by atoms with Crippen LogP contribution in [0.25, 0.3) is 0 Å². The summed E-state index contributed by atoms with van der Waals surface area (Å²) in [6, 6.07) is 9.87. The van der Waals surface area contributed by atoms with Crippen molar-refractivity contribution in [2.45, 2.75) is 110 Å². The van der Waals surface area contributed by atoms with Crippen molar-refractivity contribution in [1.29, 1.82) is 0 Å². The molecule has 29 heavy (non-hydrogen) atoms. The second kappa shape index (κ2) is 17.3. The van der Waals surface area contributed by atoms with Crippen molar-refractivity contribution in [2.24, 2.45) is 0 Å². The Bertz CT molecular complexity index is 538. The van der Waals surface area contributed by atoms with E-state index >= 15 is 0 Å². The molecule has 0 bridgehead atoms. The fraction of sp³-hybridized carbons (Fsp3) is 0.654. The average molecular weight is 403 g/mol. The SMILES string of the molecule is CCCCCCC(O)C/C=C\CCCCCCCC(=O)OC(C)c1ccccc1. The first-order valence-electron chi connectivity index (χ1n) is 11.7. The van der Waals surface area contributed by atoms with E-state index in [1.54, 1.807) is 0 Å². The average Bonchev–Trinajstić information content (AvgIpc) is 2.73. The maximum atomic E-state index is 11.9. The molecule has 3 heteroatoms. The number of carbonyl (C=O) groups excluding carboxylic acids is 1. The van der Waals surface area contributed by atoms with E-state index < -0.39 is 0 Å². The highest BCUT2D eigenvalue weighted by atomic mass is 16.5. The van der Waals surface area contributed by atoms with Crippen molar-refractivity contribution in [3.8, 4) is 0 Å². The molecule has 0 amide bonds. The zero-order valence-corrected chi connectivity index (χ0v) is 18.7. The van der Waals surface area contributed by atoms with Crippen LogP contribution in [0.4, 0.5) is 0 Å². The molecule has 0 heterocycles. The third kappa shape index (κ3) is 14.1. The van der Waals surface area contributed by atoms with Gasteiger partial charge in [0.1, 0.15) is 6.10 Å². The van der Waals surface area contributed by atoms with E-state index in [1.165, 1.54) is 32.1 Å². The van der Waals surface area contributed by atoms with Gasteiger partial charge in [-0.15, -0.1) is 0 Å². The minimum absolute atomic E-state index is 0.0995. The molecule has 3 nitrogen and oxygen atoms in total. The van der Waals surface area contributed by atoms with E-state index in [2.05, 4.69) is 19.1 Å². The lowest BCUT2D eigenvalue weighted by Gasteiger charge is -2.13. The number of hydrogen-bond donors (Lipinski definition) is 1. The molecule has 1 aromatic carbocycles. The summed E-state index contributed by atoms with van der Waals surface area (Å²) in [4.78, 5) is 11.9. The Hall–Kier alpha value is -1.61. The van der Waals surface area contributed by atoms with Gasteiger partial charge in [-0.1, -0.05) is 94.4 Å². The first-order valence-corrected chi connectivity index (χ1v) is 11.7. The van der Waals surface area contributed by atoms with E-state index in [0.29, 0.717) is 6.42 Å². The highest BCUT2D eigenvalue weighted by molar-refractivity contribution is 5.69. The van der Waals surface area contributed by atoms with Crippen molar-refractivity contribution in [1.82, 2.24) is 0 Å². The predicted molar refractivity (Wildman–Crippen MR) is 122 cm³/mol. The van der Waals surface area contributed by atoms with E-state index in [1.807, 2.05) is 37.3 Å². The van der Waals surface area contributed by atoms with Crippen molar-refractivity contribution in [3.63, 3.8) is 0 Å². The lowest BCUT2D eigenvalue weighted by atomic mass is 10.1. The highest BCUT2D eigenvalue weighted by Crippen LogP contribution is 2.17. The first-order chi connectivity index (χ1) is 14.1. The fourth-order valence-electron chi connectivity index (χ4n) is 3.41. The molecule has 2 unspecified atom stereocenters. The van der Waals surface area contributed by atoms with Crippen LogP contribution in [-0.4, -0.2) is 17.2 Å². The summed E-state index contributed by atoms with van der Waals surface area (Å²) >= 11 is 0. The summed E-state index contributed by atoms with van der Waals surface area (Å²) in [5.41, 5.74) is 1.04. The van der Waals surface area contributed by atoms with Gasteiger partial charge >= 0.3 is 5.97 Å². The van der Waals surface area contributed by atoms with Crippen LogP contribution >= 0.6 is 0 Å². The molecule has 0 saturated carbocycles. The summed E-state index contributed by atoms with van der Waals surface area (Å²) in [7, 11) is 0. The number of aliphatic hydroxyl groups excluding tert-OH is 1. The zero-order chi connectivity index (χ0) is 21.2. The number of carbonyl (C=O) groups is 1. The second-order valence-corrected chi connectivity index (χ2v) is 8.06. The number of hydrogen-bond acceptors (Lipinski definition) is 3. The van der Waals surface area contributed by atoms with Gasteiger partial charge in [-0.05, 0) is 44.6 Å². The smallest absolute Gasteiger partial charge is 0.306 e. The summed E-state index contributed by atoms with van der Waals surface area (Å²) in [5.74, 6) is -0.0995. The molecular formula is C26H42O3. The first kappa shape index (κ1) is 25.4. The molecule has 0 saturated heterocycles. The molecule has 1 aromatic rings. The van der Waals surface area contributed by atoms with E-state index in [4.69, 9.17) is 4.74 Å². The van der Waals surface area contributed by atoms with Crippen molar-refractivity contribution in [2.75, 3.05) is 0 Å². The largest absolute Gasteiger partial charge is 0.458 e. The quantitative estimate of drug-likeness (QED) is 0.169. The van der Waals surface area contributed by atoms with Crippen LogP contribution in [0, 0.1) is 0 Å². The van der Waals surface area contributed by atoms with Gasteiger partial charge in [-0.3, -0.25) is 4.79 Å². The van der Waals surface area contributed by atoms with Gasteiger partial charge < -0.3 is 9.84 Å². The van der Waals surface area contributed by atoms with Crippen LogP contribution in [0.3, 0.4) is 0 Å². The van der Waals surface area contributed by atoms with Crippen LogP contribution < -0.4 is 0 Å². The second-order valence-electron chi connectivity index (χ2n) is 8.06. The van der Waals surface area contributed by atoms with Gasteiger partial charge in [0, 0.05) is 6.42 Å². The molecule has 164 valence electrons. The number of ether oxygens (including phenoxy) is 1. The van der Waals surface area contributed by atoms with E-state index in [9.17, 15) is 9.90 Å². The molecule has 0 aromatic heterocycles. The van der Waals surface area contributed by atoms with E-state index in [0.717, 1.165) is 50.5 Å². The molecule has 1 N–H and O–H groups in total. The lowest BCUT2D eigenvalue weighted by molar-refractivity contribution is -0.148. The van der Waals surface area contributed by atoms with E-state index in [-0.39, 0.29) is 18.2 Å². The lowest BCUT2D eigenvalue weighted by Crippen LogP contribution is -2.08. The van der Waals surface area contributed by atoms with Gasteiger partial charge in [-0.25, -0.2) is 0 Å². The molecule has 2 atom stereocenters. The third-order valence-corrected chi connectivity index (χ3v) is 5.29. The Kier molecular flexibility index (Phi) is 15.1. The van der Waals surface area contributed by atoms with Gasteiger partial charge in [0.15, 0.2) is 0 Å². The van der Waals surface area contributed by atoms with Gasteiger partial charge in [-0.2, -0.15) is 0 Å². The number of unbranched alkanes of at least 4 members (excludes halogenated alkanes) is 8. The summed E-state index contributed by atoms with van der Waals surface area (Å²) in [5, 5.41) is 9.92. The van der Waals surface area contributed by atoms with Gasteiger partial charge in [0.25, 0.3) is 0 Å². The van der Waals surface area contributed by atoms with Crippen molar-refractivity contribution >= 4 is 5.97 Å². The summed E-state index contributed by atoms with van der Waals surface area (Å²) < 4.78 is 5.50. The van der Waals surface area contributed by atoms with Crippen molar-refractivity contribution < 1.29 is 14.6 Å². The Balaban J connectivity index is 1.93. The maximum absolute atomic E-state index is 11.9. The monoisotopic (exact) mass is 402 g/mol. The van der Waals surface area contributed by atoms with Gasteiger partial charge in [0.05, 0.1) is 6.10 Å². The minimum Gasteiger partial charge on any atom is -0.458 e. The van der Waals surface area contributed by atoms with Gasteiger partial charge in [0.2, 0.25) is 0 Å². The summed E-state index contributed by atoms with van der Waals surface area (Å²) in [6.45, 7) is 4.13. The Morgan fingerprint density at radius 1 is 0.966 bits per heavy atom. The van der Waals surface area contributed by atoms with Crippen LogP contribution in [0.2, 0.25) is 0 Å². The minimum atomic E-state index is -0.176. The number of esters is 1. The third-order valence-electron chi connectivity index (χ3n) is 5.29. The molecule has 1 rings (SSSR count). The highest BCUT2D eigenvalue weighted by Gasteiger charge is 2.10. The van der Waals surface area contributed by atoms with Crippen molar-refractivity contribution in [3.05, 3.63) is 48.0 Å². The molecule has 0 spiro atoms. The van der Waals surface area contributed by atoms with Crippen LogP contribution in [-0.2, 0) is 9.53 Å². The van der Waals surface area contributed by atoms with Crippen LogP contribution in [0.5, 0.6) is 0 Å². The Labute approximate surface area is 178 Å². The summed E-state index contributed by atoms with van der Waals surface area (Å²) in [6.07, 6.45) is 17.7. The zero-order valence-electron chi connectivity index (χ0n) is 18.7.